The van der Waals surface area contributed by atoms with Crippen molar-refractivity contribution >= 4 is 23.4 Å². The molecule has 35 heavy (non-hydrogen) atoms. The standard InChI is InChI=1S/C22H27F3N8O2/c1-12-8-16(32-31-12)28-21-29-19(17(25)20(30-21)33-6-4-22(2,34)5-7-33)27-15(11-35-3)18-14(24)9-13(23)10-26-18/h8-10,15,34H,4-7,11H2,1-3H3,(H3,27,28,29,30,31,32)/t15-/m0/s1. The molecule has 3 aromatic heterocycles. The minimum absolute atomic E-state index is 0.0106. The molecule has 0 aromatic carbocycles. The number of hydrogen-bond donors (Lipinski definition) is 4. The Bertz CT molecular complexity index is 1180. The third-order valence-corrected chi connectivity index (χ3v) is 5.73. The second kappa shape index (κ2) is 10.0. The van der Waals surface area contributed by atoms with Crippen LogP contribution >= 0.6 is 0 Å². The van der Waals surface area contributed by atoms with Crippen LogP contribution in [0.4, 0.5) is 36.6 Å². The van der Waals surface area contributed by atoms with Gasteiger partial charge < -0.3 is 25.4 Å². The molecule has 13 heteroatoms. The number of aromatic amines is 1. The molecule has 4 heterocycles. The van der Waals surface area contributed by atoms with Gasteiger partial charge in [-0.1, -0.05) is 0 Å². The van der Waals surface area contributed by atoms with E-state index in [1.54, 1.807) is 17.9 Å². The van der Waals surface area contributed by atoms with Crippen LogP contribution in [0.25, 0.3) is 0 Å². The largest absolute Gasteiger partial charge is 0.390 e. The first-order valence-corrected chi connectivity index (χ1v) is 11.1. The van der Waals surface area contributed by atoms with Crippen LogP contribution in [-0.2, 0) is 4.74 Å². The summed E-state index contributed by atoms with van der Waals surface area (Å²) in [6.45, 7) is 4.21. The van der Waals surface area contributed by atoms with Gasteiger partial charge in [0.05, 0.1) is 24.4 Å². The molecule has 0 bridgehead atoms. The quantitative estimate of drug-likeness (QED) is 0.375. The van der Waals surface area contributed by atoms with Crippen molar-refractivity contribution in [2.45, 2.75) is 38.3 Å². The third-order valence-electron chi connectivity index (χ3n) is 5.73. The Morgan fingerprint density at radius 2 is 1.97 bits per heavy atom. The molecule has 4 N–H and O–H groups in total. The Morgan fingerprint density at radius 3 is 2.60 bits per heavy atom. The Hall–Kier alpha value is -3.45. The van der Waals surface area contributed by atoms with Crippen LogP contribution in [-0.4, -0.2) is 62.7 Å². The lowest BCUT2D eigenvalue weighted by atomic mass is 9.94. The van der Waals surface area contributed by atoms with Gasteiger partial charge in [0.1, 0.15) is 17.3 Å². The first kappa shape index (κ1) is 24.7. The van der Waals surface area contributed by atoms with Gasteiger partial charge in [0, 0.05) is 38.0 Å². The van der Waals surface area contributed by atoms with Gasteiger partial charge in [0.2, 0.25) is 11.8 Å². The van der Waals surface area contributed by atoms with Crippen molar-refractivity contribution in [3.8, 4) is 0 Å². The Balaban J connectivity index is 1.71. The average molecular weight is 493 g/mol. The first-order valence-electron chi connectivity index (χ1n) is 11.1. The van der Waals surface area contributed by atoms with Crippen molar-refractivity contribution in [1.29, 1.82) is 0 Å². The van der Waals surface area contributed by atoms with Crippen LogP contribution in [0.5, 0.6) is 0 Å². The lowest BCUT2D eigenvalue weighted by Gasteiger charge is -2.36. The molecule has 4 rings (SSSR count). The van der Waals surface area contributed by atoms with E-state index >= 15 is 4.39 Å². The first-order chi connectivity index (χ1) is 16.6. The maximum Gasteiger partial charge on any atom is 0.232 e. The van der Waals surface area contributed by atoms with E-state index in [1.165, 1.54) is 7.11 Å². The number of methoxy groups -OCH3 is 1. The molecular formula is C22H27F3N8O2. The smallest absolute Gasteiger partial charge is 0.232 e. The molecule has 3 aromatic rings. The highest BCUT2D eigenvalue weighted by Crippen LogP contribution is 2.32. The molecule has 0 spiro atoms. The maximum atomic E-state index is 15.7. The summed E-state index contributed by atoms with van der Waals surface area (Å²) in [5.41, 5.74) is -0.201. The minimum Gasteiger partial charge on any atom is -0.390 e. The second-order valence-electron chi connectivity index (χ2n) is 8.75. The van der Waals surface area contributed by atoms with Crippen molar-refractivity contribution in [2.24, 2.45) is 0 Å². The fourth-order valence-corrected chi connectivity index (χ4v) is 3.80. The number of aryl methyl sites for hydroxylation is 1. The monoisotopic (exact) mass is 492 g/mol. The Morgan fingerprint density at radius 1 is 1.23 bits per heavy atom. The summed E-state index contributed by atoms with van der Waals surface area (Å²) in [4.78, 5) is 14.1. The molecule has 1 fully saturated rings. The minimum atomic E-state index is -0.972. The zero-order chi connectivity index (χ0) is 25.2. The van der Waals surface area contributed by atoms with Crippen LogP contribution < -0.4 is 15.5 Å². The highest BCUT2D eigenvalue weighted by Gasteiger charge is 2.31. The number of hydrogen-bond acceptors (Lipinski definition) is 9. The van der Waals surface area contributed by atoms with Crippen molar-refractivity contribution in [3.05, 3.63) is 47.2 Å². The van der Waals surface area contributed by atoms with E-state index in [1.807, 2.05) is 6.92 Å². The molecule has 0 amide bonds. The van der Waals surface area contributed by atoms with Gasteiger partial charge in [0.25, 0.3) is 0 Å². The summed E-state index contributed by atoms with van der Waals surface area (Å²) in [6.07, 6.45) is 1.73. The highest BCUT2D eigenvalue weighted by molar-refractivity contribution is 5.59. The summed E-state index contributed by atoms with van der Waals surface area (Å²) in [6, 6.07) is 1.45. The molecule has 1 saturated heterocycles. The van der Waals surface area contributed by atoms with Crippen LogP contribution in [0.15, 0.2) is 18.3 Å². The molecule has 10 nitrogen and oxygen atoms in total. The normalized spacial score (nSPS) is 16.3. The Kier molecular flexibility index (Phi) is 7.08. The SMILES string of the molecule is COC[C@H](Nc1nc(Nc2cc(C)[nH]n2)nc(N2CCC(C)(O)CC2)c1F)c1ncc(F)cc1F. The number of nitrogens with one attached hydrogen (secondary N) is 3. The molecule has 0 radical (unpaired) electrons. The van der Waals surface area contributed by atoms with Crippen molar-refractivity contribution in [2.75, 3.05) is 42.3 Å². The zero-order valence-electron chi connectivity index (χ0n) is 19.6. The van der Waals surface area contributed by atoms with Crippen LogP contribution in [0.3, 0.4) is 0 Å². The molecule has 1 aliphatic rings. The number of nitrogens with zero attached hydrogens (tertiary/aromatic N) is 5. The summed E-state index contributed by atoms with van der Waals surface area (Å²) in [7, 11) is 1.39. The highest BCUT2D eigenvalue weighted by atomic mass is 19.1. The van der Waals surface area contributed by atoms with Gasteiger partial charge >= 0.3 is 0 Å². The number of halogens is 3. The van der Waals surface area contributed by atoms with E-state index in [9.17, 15) is 13.9 Å². The van der Waals surface area contributed by atoms with Crippen molar-refractivity contribution < 1.29 is 23.0 Å². The van der Waals surface area contributed by atoms with E-state index in [0.717, 1.165) is 11.9 Å². The molecule has 0 unspecified atom stereocenters. The van der Waals surface area contributed by atoms with E-state index in [0.29, 0.717) is 37.8 Å². The van der Waals surface area contributed by atoms with Crippen LogP contribution in [0, 0.1) is 24.4 Å². The Labute approximate surface area is 200 Å². The number of ether oxygens (including phenoxy) is 1. The predicted octanol–water partition coefficient (Wildman–Crippen LogP) is 3.21. The molecule has 188 valence electrons. The molecule has 0 aliphatic carbocycles. The number of aromatic nitrogens is 5. The van der Waals surface area contributed by atoms with E-state index in [-0.39, 0.29) is 29.9 Å². The fraction of sp³-hybridized carbons (Fsp3) is 0.455. The van der Waals surface area contributed by atoms with Gasteiger partial charge in [-0.3, -0.25) is 10.1 Å². The van der Waals surface area contributed by atoms with Gasteiger partial charge in [0.15, 0.2) is 17.5 Å². The van der Waals surface area contributed by atoms with Gasteiger partial charge in [-0.15, -0.1) is 0 Å². The summed E-state index contributed by atoms with van der Waals surface area (Å²) in [5, 5.41) is 22.9. The molecule has 1 atom stereocenters. The number of piperidine rings is 1. The molecule has 0 saturated carbocycles. The van der Waals surface area contributed by atoms with Crippen LogP contribution in [0.2, 0.25) is 0 Å². The second-order valence-corrected chi connectivity index (χ2v) is 8.75. The zero-order valence-corrected chi connectivity index (χ0v) is 19.6. The van der Waals surface area contributed by atoms with E-state index in [2.05, 4.69) is 35.8 Å². The summed E-state index contributed by atoms with van der Waals surface area (Å²) >= 11 is 0. The maximum absolute atomic E-state index is 15.7. The number of aliphatic hydroxyl groups is 1. The van der Waals surface area contributed by atoms with Gasteiger partial charge in [-0.2, -0.15) is 19.5 Å². The predicted molar refractivity (Wildman–Crippen MR) is 123 cm³/mol. The average Bonchev–Trinajstić information content (AvgIpc) is 3.20. The molecule has 1 aliphatic heterocycles. The van der Waals surface area contributed by atoms with Crippen LogP contribution in [0.1, 0.15) is 37.2 Å². The van der Waals surface area contributed by atoms with E-state index in [4.69, 9.17) is 4.74 Å². The van der Waals surface area contributed by atoms with E-state index < -0.39 is 29.1 Å². The number of anilines is 4. The number of rotatable bonds is 8. The fourth-order valence-electron chi connectivity index (χ4n) is 3.80. The van der Waals surface area contributed by atoms with Crippen molar-refractivity contribution in [3.63, 3.8) is 0 Å². The van der Waals surface area contributed by atoms with Crippen molar-refractivity contribution in [1.82, 2.24) is 25.1 Å². The lowest BCUT2D eigenvalue weighted by Crippen LogP contribution is -2.43. The topological polar surface area (TPSA) is 124 Å². The summed E-state index contributed by atoms with van der Waals surface area (Å²) in [5.74, 6) is -2.24. The number of H-pyrrole nitrogens is 1. The third kappa shape index (κ3) is 5.80. The summed E-state index contributed by atoms with van der Waals surface area (Å²) < 4.78 is 48.7. The molecular weight excluding hydrogens is 465 g/mol. The van der Waals surface area contributed by atoms with Gasteiger partial charge in [-0.25, -0.2) is 8.78 Å². The number of pyridine rings is 1. The lowest BCUT2D eigenvalue weighted by molar-refractivity contribution is 0.0349. The van der Waals surface area contributed by atoms with Gasteiger partial charge in [-0.05, 0) is 26.7 Å².